The fraction of sp³-hybridized carbons (Fsp3) is 0.375. The molecule has 1 aromatic rings. The lowest BCUT2D eigenvalue weighted by Crippen LogP contribution is -2.17. The third-order valence-corrected chi connectivity index (χ3v) is 3.38. The van der Waals surface area contributed by atoms with Gasteiger partial charge < -0.3 is 4.74 Å². The molecule has 0 bridgehead atoms. The Hall–Kier alpha value is -2.39. The van der Waals surface area contributed by atoms with E-state index in [2.05, 4.69) is 23.4 Å². The second-order valence-electron chi connectivity index (χ2n) is 4.74. The molecule has 0 aromatic carbocycles. The van der Waals surface area contributed by atoms with Crippen molar-refractivity contribution in [3.05, 3.63) is 41.9 Å². The summed E-state index contributed by atoms with van der Waals surface area (Å²) in [5, 5.41) is 13.0. The fourth-order valence-corrected chi connectivity index (χ4v) is 2.12. The van der Waals surface area contributed by atoms with Crippen molar-refractivity contribution < 1.29 is 9.53 Å². The predicted molar refractivity (Wildman–Crippen MR) is 89.7 cm³/mol. The zero-order valence-electron chi connectivity index (χ0n) is 13.2. The third-order valence-electron chi connectivity index (χ3n) is 3.09. The average molecular weight is 335 g/mol. The topological polar surface area (TPSA) is 80.3 Å². The van der Waals surface area contributed by atoms with Gasteiger partial charge in [0.1, 0.15) is 11.6 Å². The fourth-order valence-electron chi connectivity index (χ4n) is 1.90. The first-order valence-corrected chi connectivity index (χ1v) is 7.50. The average Bonchev–Trinajstić information content (AvgIpc) is 2.95. The second kappa shape index (κ2) is 8.91. The molecule has 7 heteroatoms. The Balaban J connectivity index is 3.06. The minimum atomic E-state index is -0.573. The summed E-state index contributed by atoms with van der Waals surface area (Å²) in [5.74, 6) is -0.573. The zero-order valence-corrected chi connectivity index (χ0v) is 14.0. The van der Waals surface area contributed by atoms with Gasteiger partial charge in [-0.2, -0.15) is 10.4 Å². The van der Waals surface area contributed by atoms with Gasteiger partial charge in [-0.15, -0.1) is 11.6 Å². The number of carbonyl (C=O) groups is 1. The van der Waals surface area contributed by atoms with Gasteiger partial charge in [0.2, 0.25) is 0 Å². The molecule has 0 N–H and O–H groups in total. The number of nitriles is 1. The van der Waals surface area contributed by atoms with Gasteiger partial charge in [-0.05, 0) is 33.1 Å². The van der Waals surface area contributed by atoms with Crippen LogP contribution >= 0.6 is 11.6 Å². The Labute approximate surface area is 140 Å². The molecule has 0 radical (unpaired) electrons. The summed E-state index contributed by atoms with van der Waals surface area (Å²) in [6.45, 7) is 10.8. The van der Waals surface area contributed by atoms with Crippen molar-refractivity contribution in [3.63, 3.8) is 0 Å². The molecule has 0 fully saturated rings. The summed E-state index contributed by atoms with van der Waals surface area (Å²) in [4.78, 5) is 15.6. The monoisotopic (exact) mass is 334 g/mol. The number of aromatic nitrogens is 2. The first-order valence-electron chi connectivity index (χ1n) is 7.07. The Morgan fingerprint density at radius 1 is 1.70 bits per heavy atom. The quantitative estimate of drug-likeness (QED) is 0.316. The molecule has 23 heavy (non-hydrogen) atoms. The maximum atomic E-state index is 11.9. The molecule has 0 aliphatic heterocycles. The standard InChI is InChI=1S/C16H19ClN4O2/c1-5-23-16(22)13-10-21(20-14(13)9-18)15(12(3)17)8-6-7-11(2)19-4/h6-7,10,12,15H,2,4-5,8H2,1,3H3/b7-6-/t12?,15-/m1/s1. The van der Waals surface area contributed by atoms with Crippen LogP contribution in [0.5, 0.6) is 0 Å². The molecule has 1 heterocycles. The van der Waals surface area contributed by atoms with Crippen LogP contribution < -0.4 is 0 Å². The number of halogens is 1. The molecule has 1 aromatic heterocycles. The van der Waals surface area contributed by atoms with Crippen LogP contribution in [0.2, 0.25) is 0 Å². The van der Waals surface area contributed by atoms with E-state index in [-0.39, 0.29) is 29.3 Å². The molecule has 122 valence electrons. The van der Waals surface area contributed by atoms with E-state index in [1.54, 1.807) is 13.0 Å². The molecular weight excluding hydrogens is 316 g/mol. The van der Waals surface area contributed by atoms with Crippen LogP contribution in [0.3, 0.4) is 0 Å². The second-order valence-corrected chi connectivity index (χ2v) is 5.42. The number of rotatable bonds is 8. The lowest BCUT2D eigenvalue weighted by atomic mass is 10.1. The summed E-state index contributed by atoms with van der Waals surface area (Å²) < 4.78 is 6.45. The highest BCUT2D eigenvalue weighted by atomic mass is 35.5. The number of carbonyl (C=O) groups excluding carboxylic acids is 1. The van der Waals surface area contributed by atoms with Gasteiger partial charge in [0.15, 0.2) is 5.69 Å². The summed E-state index contributed by atoms with van der Waals surface area (Å²) in [6.07, 6.45) is 5.60. The normalized spacial score (nSPS) is 13.3. The number of hydrogen-bond acceptors (Lipinski definition) is 5. The van der Waals surface area contributed by atoms with Crippen LogP contribution in [0.1, 0.15) is 42.4 Å². The van der Waals surface area contributed by atoms with Crippen molar-refractivity contribution in [2.45, 2.75) is 31.7 Å². The van der Waals surface area contributed by atoms with Gasteiger partial charge in [0.05, 0.1) is 23.7 Å². The number of esters is 1. The van der Waals surface area contributed by atoms with E-state index in [0.29, 0.717) is 12.1 Å². The predicted octanol–water partition coefficient (Wildman–Crippen LogP) is 3.26. The molecule has 1 rings (SSSR count). The van der Waals surface area contributed by atoms with Gasteiger partial charge >= 0.3 is 5.97 Å². The first-order chi connectivity index (χ1) is 10.9. The van der Waals surface area contributed by atoms with E-state index in [9.17, 15) is 4.79 Å². The van der Waals surface area contributed by atoms with Crippen LogP contribution in [-0.2, 0) is 4.74 Å². The number of nitrogens with zero attached hydrogens (tertiary/aromatic N) is 4. The summed E-state index contributed by atoms with van der Waals surface area (Å²) >= 11 is 6.22. The SMILES string of the molecule is C=NC(=C)/C=C\C[C@H](C(C)Cl)n1cc(C(=O)OCC)c(C#N)n1. The van der Waals surface area contributed by atoms with Gasteiger partial charge in [0.25, 0.3) is 0 Å². The van der Waals surface area contributed by atoms with Crippen LogP contribution in [0.15, 0.2) is 35.6 Å². The molecule has 0 aliphatic rings. The molecule has 2 atom stereocenters. The Kier molecular flexibility index (Phi) is 7.23. The van der Waals surface area contributed by atoms with E-state index in [1.165, 1.54) is 10.9 Å². The molecule has 0 amide bonds. The minimum absolute atomic E-state index is 0.0203. The van der Waals surface area contributed by atoms with Gasteiger partial charge in [-0.25, -0.2) is 4.79 Å². The van der Waals surface area contributed by atoms with Crippen LogP contribution in [0, 0.1) is 11.3 Å². The summed E-state index contributed by atoms with van der Waals surface area (Å²) in [6, 6.07) is 1.67. The number of ether oxygens (including phenoxy) is 1. The van der Waals surface area contributed by atoms with Crippen molar-refractivity contribution in [1.29, 1.82) is 5.26 Å². The molecule has 0 saturated carbocycles. The largest absolute Gasteiger partial charge is 0.462 e. The highest BCUT2D eigenvalue weighted by molar-refractivity contribution is 6.20. The van der Waals surface area contributed by atoms with Crippen molar-refractivity contribution in [2.75, 3.05) is 6.61 Å². The maximum Gasteiger partial charge on any atom is 0.342 e. The van der Waals surface area contributed by atoms with E-state index in [1.807, 2.05) is 19.1 Å². The maximum absolute atomic E-state index is 11.9. The number of aliphatic imine (C=N–C) groups is 1. The molecule has 1 unspecified atom stereocenters. The minimum Gasteiger partial charge on any atom is -0.462 e. The third kappa shape index (κ3) is 5.08. The van der Waals surface area contributed by atoms with E-state index < -0.39 is 5.97 Å². The van der Waals surface area contributed by atoms with Gasteiger partial charge in [-0.1, -0.05) is 12.7 Å². The smallest absolute Gasteiger partial charge is 0.342 e. The van der Waals surface area contributed by atoms with Crippen molar-refractivity contribution in [1.82, 2.24) is 9.78 Å². The lowest BCUT2D eigenvalue weighted by molar-refractivity contribution is 0.0526. The zero-order chi connectivity index (χ0) is 17.4. The highest BCUT2D eigenvalue weighted by Crippen LogP contribution is 2.23. The van der Waals surface area contributed by atoms with Crippen molar-refractivity contribution >= 4 is 24.3 Å². The molecule has 0 saturated heterocycles. The van der Waals surface area contributed by atoms with Crippen molar-refractivity contribution in [2.24, 2.45) is 4.99 Å². The van der Waals surface area contributed by atoms with Crippen molar-refractivity contribution in [3.8, 4) is 6.07 Å². The highest BCUT2D eigenvalue weighted by Gasteiger charge is 2.23. The number of alkyl halides is 1. The lowest BCUT2D eigenvalue weighted by Gasteiger charge is -2.18. The Morgan fingerprint density at radius 2 is 2.39 bits per heavy atom. The molecular formula is C16H19ClN4O2. The summed E-state index contributed by atoms with van der Waals surface area (Å²) in [7, 11) is 0. The van der Waals surface area contributed by atoms with Gasteiger partial charge in [0, 0.05) is 6.20 Å². The Bertz CT molecular complexity index is 656. The van der Waals surface area contributed by atoms with Crippen LogP contribution in [0.4, 0.5) is 0 Å². The first kappa shape index (κ1) is 18.7. The van der Waals surface area contributed by atoms with E-state index in [4.69, 9.17) is 21.6 Å². The Morgan fingerprint density at radius 3 is 2.91 bits per heavy atom. The van der Waals surface area contributed by atoms with E-state index in [0.717, 1.165) is 0 Å². The summed E-state index contributed by atoms with van der Waals surface area (Å²) in [5.41, 5.74) is 0.695. The van der Waals surface area contributed by atoms with E-state index >= 15 is 0 Å². The molecule has 0 spiro atoms. The van der Waals surface area contributed by atoms with Gasteiger partial charge in [-0.3, -0.25) is 9.67 Å². The molecule has 6 nitrogen and oxygen atoms in total. The van der Waals surface area contributed by atoms with Crippen LogP contribution in [0.25, 0.3) is 0 Å². The number of allylic oxidation sites excluding steroid dienone is 2. The molecule has 0 aliphatic carbocycles. The number of hydrogen-bond donors (Lipinski definition) is 0. The van der Waals surface area contributed by atoms with Crippen LogP contribution in [-0.4, -0.2) is 34.5 Å².